The van der Waals surface area contributed by atoms with Crippen molar-refractivity contribution in [3.8, 4) is 5.75 Å². The summed E-state index contributed by atoms with van der Waals surface area (Å²) in [5.41, 5.74) is 0.888. The van der Waals surface area contributed by atoms with Crippen LogP contribution in [0.1, 0.15) is 38.2 Å². The Kier molecular flexibility index (Phi) is 4.83. The fraction of sp³-hybridized carbons (Fsp3) is 0.562. The molecule has 1 saturated carbocycles. The van der Waals surface area contributed by atoms with E-state index in [4.69, 9.17) is 9.47 Å². The van der Waals surface area contributed by atoms with Crippen molar-refractivity contribution in [2.24, 2.45) is 5.92 Å². The Balaban J connectivity index is 1.90. The molecule has 0 bridgehead atoms. The summed E-state index contributed by atoms with van der Waals surface area (Å²) in [6.45, 7) is 2.22. The van der Waals surface area contributed by atoms with E-state index in [1.165, 1.54) is 6.42 Å². The Morgan fingerprint density at radius 3 is 2.84 bits per heavy atom. The largest absolute Gasteiger partial charge is 0.496 e. The number of para-hydroxylation sites is 1. The standard InChI is InChI=1S/C16H22O3/c1-12-6-5-8-14(10-12)19-16(17)11-13-7-3-4-9-15(13)18-2/h3-4,7,9,12,14H,5-6,8,10-11H2,1-2H3. The highest BCUT2D eigenvalue weighted by atomic mass is 16.5. The van der Waals surface area contributed by atoms with Gasteiger partial charge in [0, 0.05) is 5.56 Å². The van der Waals surface area contributed by atoms with E-state index in [0.717, 1.165) is 30.6 Å². The van der Waals surface area contributed by atoms with E-state index in [9.17, 15) is 4.79 Å². The van der Waals surface area contributed by atoms with Crippen LogP contribution in [0.4, 0.5) is 0 Å². The SMILES string of the molecule is COc1ccccc1CC(=O)OC1CCCC(C)C1. The van der Waals surface area contributed by atoms with Crippen molar-refractivity contribution in [1.29, 1.82) is 0 Å². The minimum absolute atomic E-state index is 0.103. The van der Waals surface area contributed by atoms with Crippen molar-refractivity contribution >= 4 is 5.97 Å². The smallest absolute Gasteiger partial charge is 0.310 e. The fourth-order valence-electron chi connectivity index (χ4n) is 2.72. The molecular formula is C16H22O3. The molecular weight excluding hydrogens is 240 g/mol. The lowest BCUT2D eigenvalue weighted by Crippen LogP contribution is -2.25. The van der Waals surface area contributed by atoms with Crippen LogP contribution in [0.25, 0.3) is 0 Å². The lowest BCUT2D eigenvalue weighted by atomic mass is 9.89. The molecule has 104 valence electrons. The molecule has 1 aliphatic carbocycles. The van der Waals surface area contributed by atoms with Crippen LogP contribution in [0, 0.1) is 5.92 Å². The second-order valence-corrected chi connectivity index (χ2v) is 5.37. The van der Waals surface area contributed by atoms with E-state index in [2.05, 4.69) is 6.92 Å². The summed E-state index contributed by atoms with van der Waals surface area (Å²) in [7, 11) is 1.62. The molecule has 19 heavy (non-hydrogen) atoms. The highest BCUT2D eigenvalue weighted by Gasteiger charge is 2.22. The van der Waals surface area contributed by atoms with E-state index < -0.39 is 0 Å². The molecule has 0 spiro atoms. The number of esters is 1. The highest BCUT2D eigenvalue weighted by molar-refractivity contribution is 5.73. The molecule has 0 saturated heterocycles. The minimum atomic E-state index is -0.149. The van der Waals surface area contributed by atoms with Gasteiger partial charge in [0.2, 0.25) is 0 Å². The molecule has 3 nitrogen and oxygen atoms in total. The van der Waals surface area contributed by atoms with Crippen molar-refractivity contribution in [3.63, 3.8) is 0 Å². The summed E-state index contributed by atoms with van der Waals surface area (Å²) in [5.74, 6) is 1.26. The molecule has 3 heteroatoms. The third-order valence-electron chi connectivity index (χ3n) is 3.71. The van der Waals surface area contributed by atoms with Crippen LogP contribution >= 0.6 is 0 Å². The van der Waals surface area contributed by atoms with Crippen LogP contribution in [0.3, 0.4) is 0 Å². The van der Waals surface area contributed by atoms with Gasteiger partial charge in [-0.15, -0.1) is 0 Å². The van der Waals surface area contributed by atoms with Gasteiger partial charge in [-0.3, -0.25) is 4.79 Å². The predicted octanol–water partition coefficient (Wildman–Crippen LogP) is 3.36. The molecule has 1 fully saturated rings. The molecule has 1 aliphatic rings. The summed E-state index contributed by atoms with van der Waals surface area (Å²) in [6, 6.07) is 7.58. The van der Waals surface area contributed by atoms with Gasteiger partial charge in [-0.25, -0.2) is 0 Å². The first-order valence-electron chi connectivity index (χ1n) is 7.00. The van der Waals surface area contributed by atoms with Gasteiger partial charge in [-0.05, 0) is 31.2 Å². The molecule has 0 aromatic heterocycles. The third-order valence-corrected chi connectivity index (χ3v) is 3.71. The van der Waals surface area contributed by atoms with E-state index in [-0.39, 0.29) is 18.5 Å². The average Bonchev–Trinajstić information content (AvgIpc) is 2.39. The Labute approximate surface area is 114 Å². The monoisotopic (exact) mass is 262 g/mol. The molecule has 2 rings (SSSR count). The van der Waals surface area contributed by atoms with Crippen LogP contribution in [0.5, 0.6) is 5.75 Å². The molecule has 0 N–H and O–H groups in total. The van der Waals surface area contributed by atoms with Gasteiger partial charge in [-0.2, -0.15) is 0 Å². The lowest BCUT2D eigenvalue weighted by Gasteiger charge is -2.26. The Morgan fingerprint density at radius 2 is 2.11 bits per heavy atom. The van der Waals surface area contributed by atoms with Gasteiger partial charge in [-0.1, -0.05) is 31.5 Å². The van der Waals surface area contributed by atoms with Gasteiger partial charge in [0.15, 0.2) is 0 Å². The Hall–Kier alpha value is -1.51. The Bertz CT molecular complexity index is 428. The number of benzene rings is 1. The maximum Gasteiger partial charge on any atom is 0.310 e. The number of methoxy groups -OCH3 is 1. The normalized spacial score (nSPS) is 22.8. The molecule has 0 radical (unpaired) electrons. The number of hydrogen-bond acceptors (Lipinski definition) is 3. The number of rotatable bonds is 4. The third kappa shape index (κ3) is 3.98. The highest BCUT2D eigenvalue weighted by Crippen LogP contribution is 2.26. The number of hydrogen-bond donors (Lipinski definition) is 0. The number of carbonyl (C=O) groups excluding carboxylic acids is 1. The summed E-state index contributed by atoms with van der Waals surface area (Å²) in [6.07, 6.45) is 4.80. The molecule has 0 amide bonds. The van der Waals surface area contributed by atoms with Crippen LogP contribution < -0.4 is 4.74 Å². The minimum Gasteiger partial charge on any atom is -0.496 e. The van der Waals surface area contributed by atoms with E-state index in [1.807, 2.05) is 24.3 Å². The van der Waals surface area contributed by atoms with Crippen molar-refractivity contribution < 1.29 is 14.3 Å². The molecule has 2 atom stereocenters. The maximum absolute atomic E-state index is 12.0. The first-order valence-corrected chi connectivity index (χ1v) is 7.00. The van der Waals surface area contributed by atoms with Gasteiger partial charge in [0.1, 0.15) is 11.9 Å². The van der Waals surface area contributed by atoms with E-state index in [1.54, 1.807) is 7.11 Å². The van der Waals surface area contributed by atoms with Crippen LogP contribution in [-0.2, 0) is 16.0 Å². The topological polar surface area (TPSA) is 35.5 Å². The van der Waals surface area contributed by atoms with E-state index in [0.29, 0.717) is 5.92 Å². The second-order valence-electron chi connectivity index (χ2n) is 5.37. The number of carbonyl (C=O) groups is 1. The zero-order chi connectivity index (χ0) is 13.7. The van der Waals surface area contributed by atoms with Gasteiger partial charge in [0.25, 0.3) is 0 Å². The van der Waals surface area contributed by atoms with Crippen molar-refractivity contribution in [2.45, 2.75) is 45.1 Å². The van der Waals surface area contributed by atoms with Gasteiger partial charge in [0.05, 0.1) is 13.5 Å². The zero-order valence-corrected chi connectivity index (χ0v) is 11.7. The summed E-state index contributed by atoms with van der Waals surface area (Å²) in [5, 5.41) is 0. The number of ether oxygens (including phenoxy) is 2. The molecule has 1 aromatic carbocycles. The average molecular weight is 262 g/mol. The van der Waals surface area contributed by atoms with Gasteiger partial charge >= 0.3 is 5.97 Å². The first kappa shape index (κ1) is 13.9. The quantitative estimate of drug-likeness (QED) is 0.780. The Morgan fingerprint density at radius 1 is 1.32 bits per heavy atom. The van der Waals surface area contributed by atoms with Gasteiger partial charge < -0.3 is 9.47 Å². The van der Waals surface area contributed by atoms with Crippen LogP contribution in [-0.4, -0.2) is 19.2 Å². The van der Waals surface area contributed by atoms with Crippen molar-refractivity contribution in [2.75, 3.05) is 7.11 Å². The maximum atomic E-state index is 12.0. The van der Waals surface area contributed by atoms with Crippen molar-refractivity contribution in [3.05, 3.63) is 29.8 Å². The lowest BCUT2D eigenvalue weighted by molar-refractivity contribution is -0.150. The van der Waals surface area contributed by atoms with Crippen LogP contribution in [0.15, 0.2) is 24.3 Å². The molecule has 0 aliphatic heterocycles. The van der Waals surface area contributed by atoms with E-state index >= 15 is 0 Å². The van der Waals surface area contributed by atoms with Crippen molar-refractivity contribution in [1.82, 2.24) is 0 Å². The first-order chi connectivity index (χ1) is 9.19. The fourth-order valence-corrected chi connectivity index (χ4v) is 2.72. The second kappa shape index (κ2) is 6.60. The van der Waals surface area contributed by atoms with Crippen LogP contribution in [0.2, 0.25) is 0 Å². The molecule has 2 unspecified atom stereocenters. The zero-order valence-electron chi connectivity index (χ0n) is 11.7. The summed E-state index contributed by atoms with van der Waals surface area (Å²) < 4.78 is 10.8. The molecule has 0 heterocycles. The molecule has 1 aromatic rings. The summed E-state index contributed by atoms with van der Waals surface area (Å²) in [4.78, 5) is 12.0. The predicted molar refractivity (Wildman–Crippen MR) is 74.2 cm³/mol. The summed E-state index contributed by atoms with van der Waals surface area (Å²) >= 11 is 0.